The maximum absolute atomic E-state index is 12.6. The van der Waals surface area contributed by atoms with E-state index in [1.165, 1.54) is 0 Å². The summed E-state index contributed by atoms with van der Waals surface area (Å²) in [6, 6.07) is 13.4. The van der Waals surface area contributed by atoms with Crippen molar-refractivity contribution < 1.29 is 4.79 Å². The lowest BCUT2D eigenvalue weighted by Crippen LogP contribution is -2.19. The molecule has 0 aliphatic rings. The van der Waals surface area contributed by atoms with Gasteiger partial charge in [-0.2, -0.15) is 0 Å². The molecule has 0 saturated carbocycles. The summed E-state index contributed by atoms with van der Waals surface area (Å²) in [6.07, 6.45) is 5.45. The van der Waals surface area contributed by atoms with Crippen molar-refractivity contribution in [1.29, 1.82) is 0 Å². The third-order valence-corrected chi connectivity index (χ3v) is 4.90. The van der Waals surface area contributed by atoms with Crippen LogP contribution in [0.25, 0.3) is 28.0 Å². The summed E-state index contributed by atoms with van der Waals surface area (Å²) in [5, 5.41) is 1.11. The Morgan fingerprint density at radius 3 is 2.46 bits per heavy atom. The van der Waals surface area contributed by atoms with Crippen molar-refractivity contribution in [2.75, 3.05) is 0 Å². The highest BCUT2D eigenvalue weighted by Gasteiger charge is 2.11. The van der Waals surface area contributed by atoms with Crippen molar-refractivity contribution in [3.63, 3.8) is 0 Å². The smallest absolute Gasteiger partial charge is 0.328 e. The first-order valence-electron chi connectivity index (χ1n) is 8.39. The van der Waals surface area contributed by atoms with Gasteiger partial charge in [-0.3, -0.25) is 13.9 Å². The number of carbonyl (C=O) groups is 1. The van der Waals surface area contributed by atoms with Crippen molar-refractivity contribution in [2.24, 2.45) is 21.1 Å². The lowest BCUT2D eigenvalue weighted by molar-refractivity contribution is 0.104. The Morgan fingerprint density at radius 2 is 1.65 bits per heavy atom. The van der Waals surface area contributed by atoms with E-state index in [9.17, 15) is 9.59 Å². The van der Waals surface area contributed by atoms with E-state index in [2.05, 4.69) is 6.07 Å². The molecule has 0 radical (unpaired) electrons. The minimum Gasteiger partial charge on any atom is -0.350 e. The number of imidazole rings is 1. The fraction of sp³-hybridized carbons (Fsp3) is 0.143. The Bertz CT molecular complexity index is 1250. The molecule has 0 N–H and O–H groups in total. The first-order chi connectivity index (χ1) is 12.5. The minimum absolute atomic E-state index is 0.0869. The van der Waals surface area contributed by atoms with Crippen molar-refractivity contribution in [2.45, 2.75) is 0 Å². The third kappa shape index (κ3) is 2.40. The number of carbonyl (C=O) groups excluding carboxylic acids is 1. The van der Waals surface area contributed by atoms with Gasteiger partial charge < -0.3 is 4.57 Å². The van der Waals surface area contributed by atoms with E-state index in [0.29, 0.717) is 5.56 Å². The monoisotopic (exact) mass is 345 g/mol. The lowest BCUT2D eigenvalue weighted by Gasteiger charge is -1.99. The summed E-state index contributed by atoms with van der Waals surface area (Å²) < 4.78 is 5.18. The highest BCUT2D eigenvalue weighted by Crippen LogP contribution is 2.22. The zero-order valence-corrected chi connectivity index (χ0v) is 14.9. The highest BCUT2D eigenvalue weighted by molar-refractivity contribution is 6.09. The van der Waals surface area contributed by atoms with Crippen LogP contribution in [0.4, 0.5) is 0 Å². The van der Waals surface area contributed by atoms with Crippen LogP contribution in [-0.4, -0.2) is 19.5 Å². The van der Waals surface area contributed by atoms with E-state index < -0.39 is 0 Å². The molecule has 5 nitrogen and oxygen atoms in total. The number of rotatable bonds is 3. The molecule has 2 heterocycles. The fourth-order valence-corrected chi connectivity index (χ4v) is 3.43. The van der Waals surface area contributed by atoms with Crippen LogP contribution < -0.4 is 5.69 Å². The summed E-state index contributed by atoms with van der Waals surface area (Å²) in [4.78, 5) is 24.7. The number of benzene rings is 2. The number of para-hydroxylation sites is 1. The molecular weight excluding hydrogens is 326 g/mol. The zero-order chi connectivity index (χ0) is 18.4. The highest BCUT2D eigenvalue weighted by atomic mass is 16.1. The molecule has 2 aromatic heterocycles. The summed E-state index contributed by atoms with van der Waals surface area (Å²) in [7, 11) is 5.43. The molecule has 5 heteroatoms. The minimum atomic E-state index is -0.101. The van der Waals surface area contributed by atoms with E-state index in [0.717, 1.165) is 27.5 Å². The van der Waals surface area contributed by atoms with Crippen molar-refractivity contribution in [3.05, 3.63) is 76.3 Å². The molecule has 0 amide bonds. The Balaban J connectivity index is 1.72. The molecule has 4 aromatic rings. The van der Waals surface area contributed by atoms with Gasteiger partial charge in [0.1, 0.15) is 0 Å². The van der Waals surface area contributed by atoms with Crippen LogP contribution in [0.2, 0.25) is 0 Å². The quantitative estimate of drug-likeness (QED) is 0.423. The predicted octanol–water partition coefficient (Wildman–Crippen LogP) is 3.26. The van der Waals surface area contributed by atoms with Gasteiger partial charge in [0.2, 0.25) is 0 Å². The molecule has 0 unspecified atom stereocenters. The number of aromatic nitrogens is 3. The number of allylic oxidation sites excluding steroid dienone is 1. The topological polar surface area (TPSA) is 48.9 Å². The molecule has 4 rings (SSSR count). The third-order valence-electron chi connectivity index (χ3n) is 4.90. The molecule has 0 bridgehead atoms. The van der Waals surface area contributed by atoms with E-state index in [4.69, 9.17) is 0 Å². The SMILES string of the molecule is Cn1cc(C=CC(=O)c2ccc3c(c2)n(C)c(=O)n3C)c2ccccc21. The summed E-state index contributed by atoms with van der Waals surface area (Å²) >= 11 is 0. The first-order valence-corrected chi connectivity index (χ1v) is 8.39. The van der Waals surface area contributed by atoms with Crippen LogP contribution in [0, 0.1) is 0 Å². The van der Waals surface area contributed by atoms with Gasteiger partial charge in [-0.25, -0.2) is 4.79 Å². The normalized spacial score (nSPS) is 11.8. The molecule has 0 fully saturated rings. The second-order valence-electron chi connectivity index (χ2n) is 6.51. The lowest BCUT2D eigenvalue weighted by atomic mass is 10.1. The maximum atomic E-state index is 12.6. The van der Waals surface area contributed by atoms with Crippen molar-refractivity contribution in [3.8, 4) is 0 Å². The van der Waals surface area contributed by atoms with E-state index in [-0.39, 0.29) is 11.5 Å². The van der Waals surface area contributed by atoms with E-state index >= 15 is 0 Å². The van der Waals surface area contributed by atoms with Gasteiger partial charge in [-0.15, -0.1) is 0 Å². The maximum Gasteiger partial charge on any atom is 0.328 e. The van der Waals surface area contributed by atoms with Gasteiger partial charge in [0.15, 0.2) is 5.78 Å². The van der Waals surface area contributed by atoms with Crippen LogP contribution in [-0.2, 0) is 21.1 Å². The van der Waals surface area contributed by atoms with Crippen molar-refractivity contribution in [1.82, 2.24) is 13.7 Å². The van der Waals surface area contributed by atoms with Crippen LogP contribution in [0.1, 0.15) is 15.9 Å². The predicted molar refractivity (Wildman–Crippen MR) is 104 cm³/mol. The number of hydrogen-bond donors (Lipinski definition) is 0. The standard InChI is InChI=1S/C21H19N3O2/c1-22-13-15(16-6-4-5-7-17(16)22)9-11-20(25)14-8-10-18-19(12-14)24(3)21(26)23(18)2/h4-13H,1-3H3. The molecule has 0 aliphatic carbocycles. The molecule has 130 valence electrons. The number of nitrogens with zero attached hydrogens (tertiary/aromatic N) is 3. The van der Waals surface area contributed by atoms with Crippen molar-refractivity contribution >= 4 is 33.8 Å². The van der Waals surface area contributed by atoms with Gasteiger partial charge in [-0.05, 0) is 36.4 Å². The molecule has 0 atom stereocenters. The van der Waals surface area contributed by atoms with Gasteiger partial charge in [0.25, 0.3) is 0 Å². The molecular formula is C21H19N3O2. The molecule has 26 heavy (non-hydrogen) atoms. The van der Waals surface area contributed by atoms with Gasteiger partial charge in [0.05, 0.1) is 11.0 Å². The van der Waals surface area contributed by atoms with Crippen LogP contribution in [0.5, 0.6) is 0 Å². The van der Waals surface area contributed by atoms with Gasteiger partial charge in [-0.1, -0.05) is 18.2 Å². The Kier molecular flexibility index (Phi) is 3.65. The van der Waals surface area contributed by atoms with Crippen LogP contribution in [0.3, 0.4) is 0 Å². The molecule has 0 saturated heterocycles. The van der Waals surface area contributed by atoms with E-state index in [1.54, 1.807) is 41.4 Å². The summed E-state index contributed by atoms with van der Waals surface area (Å²) in [5.41, 5.74) is 4.16. The van der Waals surface area contributed by atoms with Crippen LogP contribution >= 0.6 is 0 Å². The average molecular weight is 345 g/mol. The Labute approximate surface area is 150 Å². The Hall–Kier alpha value is -3.34. The molecule has 2 aromatic carbocycles. The zero-order valence-electron chi connectivity index (χ0n) is 14.9. The number of fused-ring (bicyclic) bond motifs is 2. The molecule has 0 aliphatic heterocycles. The van der Waals surface area contributed by atoms with Gasteiger partial charge in [0, 0.05) is 49.4 Å². The second-order valence-corrected chi connectivity index (χ2v) is 6.51. The van der Waals surface area contributed by atoms with E-state index in [1.807, 2.05) is 48.2 Å². The van der Waals surface area contributed by atoms with Crippen LogP contribution in [0.15, 0.2) is 59.5 Å². The summed E-state index contributed by atoms with van der Waals surface area (Å²) in [5.74, 6) is -0.0869. The van der Waals surface area contributed by atoms with Gasteiger partial charge >= 0.3 is 5.69 Å². The average Bonchev–Trinajstić information content (AvgIpc) is 3.10. The first kappa shape index (κ1) is 16.1. The fourth-order valence-electron chi connectivity index (χ4n) is 3.43. The summed E-state index contributed by atoms with van der Waals surface area (Å²) in [6.45, 7) is 0. The Morgan fingerprint density at radius 1 is 0.923 bits per heavy atom. The number of ketones is 1. The largest absolute Gasteiger partial charge is 0.350 e. The number of hydrogen-bond acceptors (Lipinski definition) is 2. The molecule has 0 spiro atoms. The number of aryl methyl sites for hydroxylation is 3. The second kappa shape index (κ2) is 5.88.